The molecule has 6 heteroatoms. The van der Waals surface area contributed by atoms with Crippen LogP contribution in [0.25, 0.3) is 0 Å². The van der Waals surface area contributed by atoms with Crippen molar-refractivity contribution in [2.24, 2.45) is 0 Å². The van der Waals surface area contributed by atoms with Gasteiger partial charge in [-0.05, 0) is 30.2 Å². The van der Waals surface area contributed by atoms with Crippen LogP contribution in [0.3, 0.4) is 0 Å². The number of rotatable bonds is 5. The molecule has 0 bridgehead atoms. The number of benzene rings is 2. The molecule has 1 N–H and O–H groups in total. The zero-order chi connectivity index (χ0) is 14.5. The molecule has 0 spiro atoms. The molecule has 0 atom stereocenters. The number of para-hydroxylation sites is 2. The van der Waals surface area contributed by atoms with E-state index in [0.717, 1.165) is 6.07 Å². The lowest BCUT2D eigenvalue weighted by atomic mass is 10.1. The van der Waals surface area contributed by atoms with Gasteiger partial charge in [-0.3, -0.25) is 10.1 Å². The van der Waals surface area contributed by atoms with Crippen molar-refractivity contribution >= 4 is 11.4 Å². The fourth-order valence-corrected chi connectivity index (χ4v) is 1.88. The van der Waals surface area contributed by atoms with E-state index < -0.39 is 16.6 Å². The minimum Gasteiger partial charge on any atom is -0.379 e. The van der Waals surface area contributed by atoms with Crippen molar-refractivity contribution in [1.82, 2.24) is 0 Å². The largest absolute Gasteiger partial charge is 0.379 e. The second kappa shape index (κ2) is 6.10. The number of hydrogen-bond acceptors (Lipinski definition) is 3. The maximum atomic E-state index is 13.0. The Hall–Kier alpha value is -2.50. The predicted octanol–water partition coefficient (Wildman–Crippen LogP) is 3.53. The van der Waals surface area contributed by atoms with Gasteiger partial charge in [0.15, 0.2) is 0 Å². The van der Waals surface area contributed by atoms with Crippen LogP contribution in [0.15, 0.2) is 42.5 Å². The van der Waals surface area contributed by atoms with Gasteiger partial charge in [-0.2, -0.15) is 0 Å². The Balaban J connectivity index is 2.01. The average Bonchev–Trinajstić information content (AvgIpc) is 2.38. The highest BCUT2D eigenvalue weighted by molar-refractivity contribution is 5.61. The van der Waals surface area contributed by atoms with E-state index in [1.165, 1.54) is 18.2 Å². The second-order valence-electron chi connectivity index (χ2n) is 4.23. The average molecular weight is 278 g/mol. The highest BCUT2D eigenvalue weighted by Crippen LogP contribution is 2.23. The van der Waals surface area contributed by atoms with Crippen LogP contribution in [-0.4, -0.2) is 11.5 Å². The summed E-state index contributed by atoms with van der Waals surface area (Å²) in [7, 11) is 0. The molecule has 0 aliphatic heterocycles. The molecule has 0 heterocycles. The van der Waals surface area contributed by atoms with Crippen molar-refractivity contribution in [3.63, 3.8) is 0 Å². The maximum Gasteiger partial charge on any atom is 0.292 e. The monoisotopic (exact) mass is 278 g/mol. The van der Waals surface area contributed by atoms with E-state index in [0.29, 0.717) is 24.2 Å². The van der Waals surface area contributed by atoms with Crippen molar-refractivity contribution in [3.8, 4) is 0 Å². The molecule has 2 rings (SSSR count). The summed E-state index contributed by atoms with van der Waals surface area (Å²) in [6.45, 7) is 0.341. The van der Waals surface area contributed by atoms with Gasteiger partial charge < -0.3 is 5.32 Å². The van der Waals surface area contributed by atoms with E-state index in [1.807, 2.05) is 0 Å². The predicted molar refractivity (Wildman–Crippen MR) is 71.6 cm³/mol. The van der Waals surface area contributed by atoms with Gasteiger partial charge in [0, 0.05) is 18.7 Å². The smallest absolute Gasteiger partial charge is 0.292 e. The van der Waals surface area contributed by atoms with Crippen molar-refractivity contribution in [2.45, 2.75) is 6.42 Å². The Morgan fingerprint density at radius 2 is 1.75 bits per heavy atom. The molecule has 4 nitrogen and oxygen atoms in total. The Morgan fingerprint density at radius 3 is 2.40 bits per heavy atom. The van der Waals surface area contributed by atoms with Gasteiger partial charge in [-0.25, -0.2) is 8.78 Å². The molecular weight excluding hydrogens is 266 g/mol. The first-order chi connectivity index (χ1) is 9.56. The Kier molecular flexibility index (Phi) is 4.24. The van der Waals surface area contributed by atoms with Crippen LogP contribution < -0.4 is 5.32 Å². The van der Waals surface area contributed by atoms with Gasteiger partial charge in [0.25, 0.3) is 5.69 Å². The Bertz CT molecular complexity index is 612. The minimum atomic E-state index is -0.634. The lowest BCUT2D eigenvalue weighted by Crippen LogP contribution is -2.07. The molecule has 0 saturated heterocycles. The zero-order valence-electron chi connectivity index (χ0n) is 10.5. The SMILES string of the molecule is O=[N+]([O-])c1ccccc1NCCc1cc(F)cc(F)c1. The van der Waals surface area contributed by atoms with E-state index in [4.69, 9.17) is 0 Å². The molecule has 20 heavy (non-hydrogen) atoms. The summed E-state index contributed by atoms with van der Waals surface area (Å²) < 4.78 is 26.0. The molecular formula is C14H12F2N2O2. The first-order valence-electron chi connectivity index (χ1n) is 5.98. The lowest BCUT2D eigenvalue weighted by Gasteiger charge is -2.07. The first-order valence-corrected chi connectivity index (χ1v) is 5.98. The van der Waals surface area contributed by atoms with Gasteiger partial charge in [0.2, 0.25) is 0 Å². The molecule has 2 aromatic rings. The molecule has 104 valence electrons. The number of hydrogen-bond donors (Lipinski definition) is 1. The van der Waals surface area contributed by atoms with Gasteiger partial charge >= 0.3 is 0 Å². The van der Waals surface area contributed by atoms with Crippen LogP contribution >= 0.6 is 0 Å². The molecule has 0 amide bonds. The highest BCUT2D eigenvalue weighted by Gasteiger charge is 2.11. The maximum absolute atomic E-state index is 13.0. The van der Waals surface area contributed by atoms with Crippen molar-refractivity contribution in [3.05, 3.63) is 69.8 Å². The normalized spacial score (nSPS) is 10.3. The summed E-state index contributed by atoms with van der Waals surface area (Å²) in [5.41, 5.74) is 0.848. The van der Waals surface area contributed by atoms with Crippen molar-refractivity contribution < 1.29 is 13.7 Å². The third-order valence-corrected chi connectivity index (χ3v) is 2.75. The van der Waals surface area contributed by atoms with Crippen LogP contribution in [-0.2, 0) is 6.42 Å². The van der Waals surface area contributed by atoms with E-state index >= 15 is 0 Å². The number of nitro groups is 1. The summed E-state index contributed by atoms with van der Waals surface area (Å²) in [5, 5.41) is 13.7. The quantitative estimate of drug-likeness (QED) is 0.672. The molecule has 0 radical (unpaired) electrons. The second-order valence-corrected chi connectivity index (χ2v) is 4.23. The summed E-state index contributed by atoms with van der Waals surface area (Å²) in [6.07, 6.45) is 0.362. The highest BCUT2D eigenvalue weighted by atomic mass is 19.1. The van der Waals surface area contributed by atoms with Crippen LogP contribution in [0.2, 0.25) is 0 Å². The summed E-state index contributed by atoms with van der Waals surface area (Å²) >= 11 is 0. The van der Waals surface area contributed by atoms with E-state index in [-0.39, 0.29) is 5.69 Å². The van der Waals surface area contributed by atoms with Crippen LogP contribution in [0, 0.1) is 21.7 Å². The molecule has 0 aliphatic rings. The van der Waals surface area contributed by atoms with Gasteiger partial charge in [-0.1, -0.05) is 12.1 Å². The summed E-state index contributed by atoms with van der Waals surface area (Å²) in [6, 6.07) is 9.52. The van der Waals surface area contributed by atoms with Gasteiger partial charge in [0.1, 0.15) is 17.3 Å². The fourth-order valence-electron chi connectivity index (χ4n) is 1.88. The minimum absolute atomic E-state index is 0.0297. The van der Waals surface area contributed by atoms with E-state index in [1.54, 1.807) is 18.2 Å². The van der Waals surface area contributed by atoms with Gasteiger partial charge in [-0.15, -0.1) is 0 Å². The summed E-state index contributed by atoms with van der Waals surface area (Å²) in [4.78, 5) is 10.3. The molecule has 0 aromatic heterocycles. The number of nitro benzene ring substituents is 1. The summed E-state index contributed by atoms with van der Waals surface area (Å²) in [5.74, 6) is -1.27. The topological polar surface area (TPSA) is 55.2 Å². The fraction of sp³-hybridized carbons (Fsp3) is 0.143. The molecule has 0 unspecified atom stereocenters. The zero-order valence-corrected chi connectivity index (χ0v) is 10.5. The van der Waals surface area contributed by atoms with Crippen LogP contribution in [0.4, 0.5) is 20.2 Å². The number of anilines is 1. The van der Waals surface area contributed by atoms with Gasteiger partial charge in [0.05, 0.1) is 4.92 Å². The first kappa shape index (κ1) is 13.9. The van der Waals surface area contributed by atoms with Crippen LogP contribution in [0.5, 0.6) is 0 Å². The molecule has 0 aliphatic carbocycles. The third-order valence-electron chi connectivity index (χ3n) is 2.75. The molecule has 0 fully saturated rings. The van der Waals surface area contributed by atoms with E-state index in [2.05, 4.69) is 5.32 Å². The molecule has 0 saturated carbocycles. The number of halogens is 2. The van der Waals surface area contributed by atoms with E-state index in [9.17, 15) is 18.9 Å². The Labute approximate surface area is 114 Å². The van der Waals surface area contributed by atoms with Crippen molar-refractivity contribution in [2.75, 3.05) is 11.9 Å². The standard InChI is InChI=1S/C14H12F2N2O2/c15-11-7-10(8-12(16)9-11)5-6-17-13-3-1-2-4-14(13)18(19)20/h1-4,7-9,17H,5-6H2. The number of nitrogens with zero attached hydrogens (tertiary/aromatic N) is 1. The van der Waals surface area contributed by atoms with Crippen molar-refractivity contribution in [1.29, 1.82) is 0 Å². The third kappa shape index (κ3) is 3.50. The lowest BCUT2D eigenvalue weighted by molar-refractivity contribution is -0.384. The van der Waals surface area contributed by atoms with Crippen LogP contribution in [0.1, 0.15) is 5.56 Å². The Morgan fingerprint density at radius 1 is 1.10 bits per heavy atom. The molecule has 2 aromatic carbocycles. The number of nitrogens with one attached hydrogen (secondary N) is 1.